The Morgan fingerprint density at radius 1 is 0.826 bits per heavy atom. The Bertz CT molecular complexity index is 806. The normalized spacial score (nSPS) is 17.1. The fourth-order valence-electron chi connectivity index (χ4n) is 2.37. The summed E-state index contributed by atoms with van der Waals surface area (Å²) in [6, 6.07) is 16.2. The first kappa shape index (κ1) is 14.9. The van der Waals surface area contributed by atoms with Crippen molar-refractivity contribution in [2.75, 3.05) is 0 Å². The van der Waals surface area contributed by atoms with Crippen LogP contribution in [-0.2, 0) is 9.53 Å². The summed E-state index contributed by atoms with van der Waals surface area (Å²) >= 11 is 0. The number of hydrogen-bond donors (Lipinski definition) is 1. The summed E-state index contributed by atoms with van der Waals surface area (Å²) in [4.78, 5) is 37.0. The van der Waals surface area contributed by atoms with Crippen LogP contribution in [-0.4, -0.2) is 28.9 Å². The minimum Gasteiger partial charge on any atom is -0.428 e. The van der Waals surface area contributed by atoms with Gasteiger partial charge in [0.25, 0.3) is 0 Å². The molecule has 23 heavy (non-hydrogen) atoms. The number of esters is 1. The molecule has 1 atom stereocenters. The molecule has 0 saturated carbocycles. The molecule has 0 amide bonds. The van der Waals surface area contributed by atoms with Crippen LogP contribution >= 0.6 is 0 Å². The van der Waals surface area contributed by atoms with E-state index in [-0.39, 0.29) is 16.7 Å². The number of Topliss-reactive ketones (excluding diaryl/α,β-unsaturated/α-hetero) is 2. The highest BCUT2D eigenvalue weighted by atomic mass is 16.6. The summed E-state index contributed by atoms with van der Waals surface area (Å²) in [7, 11) is 0. The van der Waals surface area contributed by atoms with Gasteiger partial charge in [-0.15, -0.1) is 0 Å². The van der Waals surface area contributed by atoms with E-state index in [0.717, 1.165) is 0 Å². The lowest BCUT2D eigenvalue weighted by Crippen LogP contribution is -2.18. The standard InChI is InChI=1S/C18H12O5/c19-15(11-7-3-1-4-8-11)13-14(18(22)23-17(13)21)16(20)12-9-5-2-6-10-12/h1-10,17,21H. The average Bonchev–Trinajstić information content (AvgIpc) is 2.89. The van der Waals surface area contributed by atoms with Crippen LogP contribution in [0.25, 0.3) is 0 Å². The summed E-state index contributed by atoms with van der Waals surface area (Å²) < 4.78 is 4.67. The number of cyclic esters (lactones) is 1. The number of carbonyl (C=O) groups is 3. The lowest BCUT2D eigenvalue weighted by Gasteiger charge is -2.06. The number of ether oxygens (including phenoxy) is 1. The molecular weight excluding hydrogens is 296 g/mol. The Kier molecular flexibility index (Phi) is 3.87. The van der Waals surface area contributed by atoms with Gasteiger partial charge in [-0.1, -0.05) is 60.7 Å². The summed E-state index contributed by atoms with van der Waals surface area (Å²) in [6.07, 6.45) is -1.74. The minimum atomic E-state index is -1.74. The van der Waals surface area contributed by atoms with Gasteiger partial charge in [0.15, 0.2) is 5.78 Å². The molecule has 0 fully saturated rings. The molecule has 2 aromatic carbocycles. The zero-order valence-corrected chi connectivity index (χ0v) is 11.9. The van der Waals surface area contributed by atoms with E-state index in [1.54, 1.807) is 36.4 Å². The minimum absolute atomic E-state index is 0.243. The van der Waals surface area contributed by atoms with Gasteiger partial charge in [0.2, 0.25) is 12.1 Å². The number of benzene rings is 2. The monoisotopic (exact) mass is 308 g/mol. The van der Waals surface area contributed by atoms with Gasteiger partial charge in [-0.25, -0.2) is 4.79 Å². The lowest BCUT2D eigenvalue weighted by molar-refractivity contribution is -0.151. The van der Waals surface area contributed by atoms with Crippen LogP contribution in [0.1, 0.15) is 20.7 Å². The number of ketones is 2. The summed E-state index contributed by atoms with van der Waals surface area (Å²) in [5, 5.41) is 9.88. The third-order valence-electron chi connectivity index (χ3n) is 3.48. The Morgan fingerprint density at radius 2 is 1.30 bits per heavy atom. The second kappa shape index (κ2) is 5.98. The van der Waals surface area contributed by atoms with Crippen molar-refractivity contribution in [2.24, 2.45) is 0 Å². The molecule has 1 aliphatic rings. The number of carbonyl (C=O) groups excluding carboxylic acids is 3. The van der Waals surface area contributed by atoms with Crippen LogP contribution < -0.4 is 0 Å². The van der Waals surface area contributed by atoms with E-state index in [4.69, 9.17) is 0 Å². The van der Waals surface area contributed by atoms with E-state index in [1.165, 1.54) is 24.3 Å². The van der Waals surface area contributed by atoms with Gasteiger partial charge in [0, 0.05) is 11.1 Å². The molecule has 1 heterocycles. The largest absolute Gasteiger partial charge is 0.428 e. The molecule has 0 aromatic heterocycles. The van der Waals surface area contributed by atoms with Crippen LogP contribution in [0.4, 0.5) is 0 Å². The summed E-state index contributed by atoms with van der Waals surface area (Å²) in [5.74, 6) is -2.25. The van der Waals surface area contributed by atoms with E-state index in [2.05, 4.69) is 4.74 Å². The van der Waals surface area contributed by atoms with E-state index < -0.39 is 29.4 Å². The molecule has 5 nitrogen and oxygen atoms in total. The van der Waals surface area contributed by atoms with E-state index in [9.17, 15) is 19.5 Å². The Balaban J connectivity index is 2.09. The van der Waals surface area contributed by atoms with Crippen molar-refractivity contribution in [3.63, 3.8) is 0 Å². The molecule has 2 aromatic rings. The molecule has 0 radical (unpaired) electrons. The molecule has 114 valence electrons. The number of hydrogen-bond acceptors (Lipinski definition) is 5. The van der Waals surface area contributed by atoms with E-state index >= 15 is 0 Å². The van der Waals surface area contributed by atoms with Crippen LogP contribution in [0.3, 0.4) is 0 Å². The Labute approximate surface area is 131 Å². The van der Waals surface area contributed by atoms with Crippen LogP contribution in [0, 0.1) is 0 Å². The molecule has 1 N–H and O–H groups in total. The van der Waals surface area contributed by atoms with Crippen molar-refractivity contribution in [2.45, 2.75) is 6.29 Å². The molecule has 3 rings (SSSR count). The van der Waals surface area contributed by atoms with E-state index in [0.29, 0.717) is 0 Å². The van der Waals surface area contributed by atoms with Gasteiger partial charge >= 0.3 is 5.97 Å². The Hall–Kier alpha value is -3.05. The fourth-order valence-corrected chi connectivity index (χ4v) is 2.37. The molecule has 0 bridgehead atoms. The summed E-state index contributed by atoms with van der Waals surface area (Å²) in [6.45, 7) is 0. The van der Waals surface area contributed by atoms with Gasteiger partial charge in [-0.05, 0) is 0 Å². The zero-order valence-electron chi connectivity index (χ0n) is 11.9. The Morgan fingerprint density at radius 3 is 1.83 bits per heavy atom. The topological polar surface area (TPSA) is 80.7 Å². The highest BCUT2D eigenvalue weighted by Crippen LogP contribution is 2.27. The van der Waals surface area contributed by atoms with Crippen molar-refractivity contribution < 1.29 is 24.2 Å². The average molecular weight is 308 g/mol. The smallest absolute Gasteiger partial charge is 0.345 e. The lowest BCUT2D eigenvalue weighted by atomic mass is 9.94. The second-order valence-electron chi connectivity index (χ2n) is 4.94. The van der Waals surface area contributed by atoms with Crippen molar-refractivity contribution in [3.8, 4) is 0 Å². The van der Waals surface area contributed by atoms with Gasteiger partial charge in [-0.3, -0.25) is 9.59 Å². The van der Waals surface area contributed by atoms with Gasteiger partial charge < -0.3 is 9.84 Å². The maximum atomic E-state index is 12.5. The SMILES string of the molecule is O=C1OC(O)C(C(=O)c2ccccc2)=C1C(=O)c1ccccc1. The molecule has 0 spiro atoms. The fraction of sp³-hybridized carbons (Fsp3) is 0.0556. The summed E-state index contributed by atoms with van der Waals surface area (Å²) in [5.41, 5.74) is -0.238. The van der Waals surface area contributed by atoms with Crippen LogP contribution in [0.2, 0.25) is 0 Å². The van der Waals surface area contributed by atoms with Crippen LogP contribution in [0.15, 0.2) is 71.8 Å². The van der Waals surface area contributed by atoms with Crippen molar-refractivity contribution in [1.82, 2.24) is 0 Å². The van der Waals surface area contributed by atoms with Crippen LogP contribution in [0.5, 0.6) is 0 Å². The first-order chi connectivity index (χ1) is 11.1. The van der Waals surface area contributed by atoms with E-state index in [1.807, 2.05) is 0 Å². The highest BCUT2D eigenvalue weighted by molar-refractivity contribution is 6.31. The maximum Gasteiger partial charge on any atom is 0.345 e. The molecular formula is C18H12O5. The molecule has 0 aliphatic carbocycles. The number of rotatable bonds is 4. The first-order valence-electron chi connectivity index (χ1n) is 6.92. The quantitative estimate of drug-likeness (QED) is 0.530. The molecule has 0 saturated heterocycles. The van der Waals surface area contributed by atoms with Gasteiger partial charge in [0.05, 0.1) is 5.57 Å². The number of aliphatic hydroxyl groups excluding tert-OH is 1. The first-order valence-corrected chi connectivity index (χ1v) is 6.92. The molecule has 5 heteroatoms. The molecule has 1 unspecified atom stereocenters. The predicted molar refractivity (Wildman–Crippen MR) is 80.7 cm³/mol. The predicted octanol–water partition coefficient (Wildman–Crippen LogP) is 1.92. The number of aliphatic hydroxyl groups is 1. The zero-order chi connectivity index (χ0) is 16.4. The van der Waals surface area contributed by atoms with Crippen molar-refractivity contribution >= 4 is 17.5 Å². The molecule has 1 aliphatic heterocycles. The van der Waals surface area contributed by atoms with Gasteiger partial charge in [-0.2, -0.15) is 0 Å². The maximum absolute atomic E-state index is 12.5. The second-order valence-corrected chi connectivity index (χ2v) is 4.94. The third kappa shape index (κ3) is 2.69. The van der Waals surface area contributed by atoms with Crippen molar-refractivity contribution in [3.05, 3.63) is 82.9 Å². The highest BCUT2D eigenvalue weighted by Gasteiger charge is 2.41. The third-order valence-corrected chi connectivity index (χ3v) is 3.48. The van der Waals surface area contributed by atoms with Gasteiger partial charge in [0.1, 0.15) is 5.57 Å². The van der Waals surface area contributed by atoms with Crippen molar-refractivity contribution in [1.29, 1.82) is 0 Å².